The largest absolute Gasteiger partial charge is 0.424 e. The second-order valence-electron chi connectivity index (χ2n) is 2.75. The number of aromatic nitrogens is 3. The van der Waals surface area contributed by atoms with E-state index in [1.807, 2.05) is 0 Å². The van der Waals surface area contributed by atoms with Crippen LogP contribution in [0.15, 0.2) is 22.9 Å². The van der Waals surface area contributed by atoms with Gasteiger partial charge in [0.05, 0.1) is 5.02 Å². The van der Waals surface area contributed by atoms with Gasteiger partial charge in [-0.1, -0.05) is 11.6 Å². The number of benzene rings is 1. The van der Waals surface area contributed by atoms with Crippen LogP contribution in [-0.2, 0) is 6.98 Å². The van der Waals surface area contributed by atoms with E-state index in [-0.39, 0.29) is 21.5 Å². The van der Waals surface area contributed by atoms with Crippen molar-refractivity contribution in [3.8, 4) is 11.8 Å². The van der Waals surface area contributed by atoms with Gasteiger partial charge >= 0.3 is 6.01 Å². The van der Waals surface area contributed by atoms with Crippen molar-refractivity contribution in [2.24, 2.45) is 6.98 Å². The minimum Gasteiger partial charge on any atom is -0.424 e. The molecule has 0 N–H and O–H groups in total. The van der Waals surface area contributed by atoms with Crippen LogP contribution in [0, 0.1) is 5.82 Å². The minimum absolute atomic E-state index is 0.0619. The highest BCUT2D eigenvalue weighted by Gasteiger charge is 2.08. The molecule has 16 heavy (non-hydrogen) atoms. The third kappa shape index (κ3) is 2.33. The summed E-state index contributed by atoms with van der Waals surface area (Å²) in [5.74, 6) is -0.454. The van der Waals surface area contributed by atoms with Crippen molar-refractivity contribution in [2.75, 3.05) is 0 Å². The molecule has 4 nitrogen and oxygen atoms in total. The Hall–Kier alpha value is -1.14. The lowest BCUT2D eigenvalue weighted by atomic mass is 10.3. The molecule has 0 aliphatic carbocycles. The molecule has 1 heterocycles. The zero-order chi connectivity index (χ0) is 14.2. The molecule has 1 aromatic heterocycles. The van der Waals surface area contributed by atoms with Gasteiger partial charge in [-0.05, 0) is 28.1 Å². The van der Waals surface area contributed by atoms with Crippen LogP contribution in [0.1, 0.15) is 4.11 Å². The highest BCUT2D eigenvalue weighted by molar-refractivity contribution is 9.10. The van der Waals surface area contributed by atoms with E-state index in [0.29, 0.717) is 4.68 Å². The van der Waals surface area contributed by atoms with Crippen LogP contribution in [0.5, 0.6) is 11.8 Å². The van der Waals surface area contributed by atoms with E-state index in [2.05, 4.69) is 26.0 Å². The Morgan fingerprint density at radius 3 is 3.12 bits per heavy atom. The first-order chi connectivity index (χ1) is 8.77. The summed E-state index contributed by atoms with van der Waals surface area (Å²) >= 11 is 8.55. The zero-order valence-electron chi connectivity index (χ0n) is 10.6. The van der Waals surface area contributed by atoms with Crippen molar-refractivity contribution in [1.82, 2.24) is 14.8 Å². The van der Waals surface area contributed by atoms with Gasteiger partial charge in [-0.15, -0.1) is 5.10 Å². The van der Waals surface area contributed by atoms with Gasteiger partial charge in [-0.3, -0.25) is 0 Å². The molecule has 0 bridgehead atoms. The van der Waals surface area contributed by atoms with Gasteiger partial charge in [-0.2, -0.15) is 4.98 Å². The summed E-state index contributed by atoms with van der Waals surface area (Å²) in [5.41, 5.74) is 0. The number of hydrogen-bond acceptors (Lipinski definition) is 3. The number of nitrogens with zero attached hydrogens (tertiary/aromatic N) is 3. The highest BCUT2D eigenvalue weighted by atomic mass is 79.9. The van der Waals surface area contributed by atoms with E-state index in [1.54, 1.807) is 0 Å². The quantitative estimate of drug-likeness (QED) is 0.855. The predicted molar refractivity (Wildman–Crippen MR) is 60.2 cm³/mol. The van der Waals surface area contributed by atoms with Crippen LogP contribution in [0.25, 0.3) is 0 Å². The summed E-state index contributed by atoms with van der Waals surface area (Å²) in [6, 6.07) is 3.36. The number of ether oxygens (including phenoxy) is 1. The molecule has 0 aliphatic heterocycles. The standard InChI is InChI=1S/C9H6BrClFN3O/c1-15-9(13-8(10)14-15)16-5-2-3-7(12)6(11)4-5/h2-4H,1H3/i1D3. The summed E-state index contributed by atoms with van der Waals surface area (Å²) < 4.78 is 40.8. The van der Waals surface area contributed by atoms with E-state index in [9.17, 15) is 4.39 Å². The molecule has 2 aromatic rings. The smallest absolute Gasteiger partial charge is 0.321 e. The van der Waals surface area contributed by atoms with E-state index < -0.39 is 12.8 Å². The van der Waals surface area contributed by atoms with Gasteiger partial charge in [0.2, 0.25) is 4.73 Å². The molecule has 0 unspecified atom stereocenters. The van der Waals surface area contributed by atoms with Gasteiger partial charge in [0.1, 0.15) is 11.6 Å². The van der Waals surface area contributed by atoms with Gasteiger partial charge in [0, 0.05) is 17.2 Å². The molecule has 2 rings (SSSR count). The second-order valence-corrected chi connectivity index (χ2v) is 3.87. The van der Waals surface area contributed by atoms with Crippen molar-refractivity contribution < 1.29 is 13.2 Å². The predicted octanol–water partition coefficient (Wildman–Crippen LogP) is 3.16. The average Bonchev–Trinajstić information content (AvgIpc) is 2.65. The van der Waals surface area contributed by atoms with Gasteiger partial charge < -0.3 is 4.74 Å². The number of halogens is 3. The molecule has 1 aromatic carbocycles. The molecule has 0 aliphatic rings. The molecule has 0 atom stereocenters. The average molecular weight is 310 g/mol. The SMILES string of the molecule is [2H]C([2H])([2H])n1nc(Br)nc1Oc1ccc(F)c(Cl)c1. The van der Waals surface area contributed by atoms with Crippen LogP contribution in [0.2, 0.25) is 5.02 Å². The lowest BCUT2D eigenvalue weighted by Crippen LogP contribution is -1.96. The summed E-state index contributed by atoms with van der Waals surface area (Å²) in [6.07, 6.45) is 0. The molecular formula is C9H6BrClFN3O. The Morgan fingerprint density at radius 2 is 2.44 bits per heavy atom. The molecule has 84 valence electrons. The minimum atomic E-state index is -2.54. The first kappa shape index (κ1) is 8.03. The lowest BCUT2D eigenvalue weighted by molar-refractivity contribution is 0.414. The maximum atomic E-state index is 13.0. The summed E-state index contributed by atoms with van der Waals surface area (Å²) in [5, 5.41) is 3.50. The Balaban J connectivity index is 2.35. The first-order valence-corrected chi connectivity index (χ1v) is 5.20. The molecule has 0 radical (unpaired) electrons. The van der Waals surface area contributed by atoms with Crippen LogP contribution in [0.3, 0.4) is 0 Å². The second kappa shape index (κ2) is 4.39. The van der Waals surface area contributed by atoms with Crippen molar-refractivity contribution in [3.63, 3.8) is 0 Å². The maximum absolute atomic E-state index is 13.0. The molecule has 0 spiro atoms. The molecule has 7 heteroatoms. The fourth-order valence-corrected chi connectivity index (χ4v) is 1.47. The van der Waals surface area contributed by atoms with Crippen LogP contribution < -0.4 is 4.74 Å². The number of hydrogen-bond donors (Lipinski definition) is 0. The molecule has 0 fully saturated rings. The zero-order valence-corrected chi connectivity index (χ0v) is 9.96. The number of rotatable bonds is 2. The first-order valence-electron chi connectivity index (χ1n) is 5.53. The lowest BCUT2D eigenvalue weighted by Gasteiger charge is -2.03. The van der Waals surface area contributed by atoms with E-state index >= 15 is 0 Å². The summed E-state index contributed by atoms with van der Waals surface area (Å²) in [4.78, 5) is 3.77. The van der Waals surface area contributed by atoms with Crippen LogP contribution in [0.4, 0.5) is 4.39 Å². The van der Waals surface area contributed by atoms with Crippen LogP contribution >= 0.6 is 27.5 Å². The monoisotopic (exact) mass is 308 g/mol. The molecule has 0 saturated heterocycles. The molecule has 0 amide bonds. The Morgan fingerprint density at radius 1 is 1.62 bits per heavy atom. The van der Waals surface area contributed by atoms with Crippen molar-refractivity contribution in [2.45, 2.75) is 0 Å². The molecular weight excluding hydrogens is 300 g/mol. The van der Waals surface area contributed by atoms with Gasteiger partial charge in [0.25, 0.3) is 0 Å². The van der Waals surface area contributed by atoms with Crippen molar-refractivity contribution in [3.05, 3.63) is 33.8 Å². The highest BCUT2D eigenvalue weighted by Crippen LogP contribution is 2.25. The van der Waals surface area contributed by atoms with E-state index in [4.69, 9.17) is 20.5 Å². The normalized spacial score (nSPS) is 14.1. The van der Waals surface area contributed by atoms with Crippen molar-refractivity contribution >= 4 is 27.5 Å². The fraction of sp³-hybridized carbons (Fsp3) is 0.111. The Labute approximate surface area is 108 Å². The third-order valence-corrected chi connectivity index (χ3v) is 2.28. The van der Waals surface area contributed by atoms with Crippen molar-refractivity contribution in [1.29, 1.82) is 0 Å². The van der Waals surface area contributed by atoms with E-state index in [1.165, 1.54) is 12.1 Å². The number of aryl methyl sites for hydroxylation is 1. The van der Waals surface area contributed by atoms with Gasteiger partial charge in [0.15, 0.2) is 0 Å². The Kier molecular flexibility index (Phi) is 2.20. The van der Waals surface area contributed by atoms with Gasteiger partial charge in [-0.25, -0.2) is 9.07 Å². The summed E-state index contributed by atoms with van der Waals surface area (Å²) in [7, 11) is 0. The fourth-order valence-electron chi connectivity index (χ4n) is 0.986. The third-order valence-electron chi connectivity index (χ3n) is 1.65. The van der Waals surface area contributed by atoms with Crippen LogP contribution in [-0.4, -0.2) is 14.8 Å². The summed E-state index contributed by atoms with van der Waals surface area (Å²) in [6.45, 7) is -2.54. The Bertz CT molecular complexity index is 619. The molecule has 0 saturated carbocycles. The topological polar surface area (TPSA) is 39.9 Å². The van der Waals surface area contributed by atoms with E-state index in [0.717, 1.165) is 6.07 Å². The maximum Gasteiger partial charge on any atom is 0.321 e.